The Balaban J connectivity index is 2.23. The van der Waals surface area contributed by atoms with Crippen molar-refractivity contribution in [1.29, 1.82) is 0 Å². The Morgan fingerprint density at radius 2 is 1.65 bits per heavy atom. The number of ether oxygens (including phenoxy) is 1. The molecule has 4 heteroatoms. The molecule has 1 heterocycles. The molecule has 0 radical (unpaired) electrons. The first kappa shape index (κ1) is 14.9. The molecule has 0 atom stereocenters. The average Bonchev–Trinajstić information content (AvgIpc) is 2.85. The van der Waals surface area contributed by atoms with E-state index in [9.17, 15) is 9.90 Å². The summed E-state index contributed by atoms with van der Waals surface area (Å²) < 4.78 is 6.87. The molecule has 1 aromatic heterocycles. The number of carbonyl (C=O) groups is 1. The number of aromatic hydroxyl groups is 1. The van der Waals surface area contributed by atoms with E-state index in [0.29, 0.717) is 17.0 Å². The largest absolute Gasteiger partial charge is 0.505 e. The van der Waals surface area contributed by atoms with Gasteiger partial charge in [-0.25, -0.2) is 0 Å². The van der Waals surface area contributed by atoms with E-state index < -0.39 is 0 Å². The molecule has 0 aliphatic rings. The molecule has 23 heavy (non-hydrogen) atoms. The Bertz CT molecular complexity index is 833. The van der Waals surface area contributed by atoms with Gasteiger partial charge in [0.1, 0.15) is 11.5 Å². The zero-order valence-corrected chi connectivity index (χ0v) is 13.0. The van der Waals surface area contributed by atoms with Gasteiger partial charge in [0.2, 0.25) is 0 Å². The molecule has 1 N–H and O–H groups in total. The van der Waals surface area contributed by atoms with Crippen LogP contribution < -0.4 is 4.74 Å². The van der Waals surface area contributed by atoms with Crippen molar-refractivity contribution in [1.82, 2.24) is 4.57 Å². The smallest absolute Gasteiger partial charge is 0.167 e. The molecule has 0 spiro atoms. The third-order valence-corrected chi connectivity index (χ3v) is 3.95. The Morgan fingerprint density at radius 3 is 2.22 bits per heavy atom. The van der Waals surface area contributed by atoms with Gasteiger partial charge in [-0.1, -0.05) is 42.5 Å². The van der Waals surface area contributed by atoms with Crippen LogP contribution in [0.4, 0.5) is 0 Å². The van der Waals surface area contributed by atoms with Crippen molar-refractivity contribution in [3.63, 3.8) is 0 Å². The van der Waals surface area contributed by atoms with Gasteiger partial charge < -0.3 is 14.4 Å². The summed E-state index contributed by atoms with van der Waals surface area (Å²) in [7, 11) is 3.37. The van der Waals surface area contributed by atoms with E-state index in [1.807, 2.05) is 42.5 Å². The van der Waals surface area contributed by atoms with E-state index in [0.717, 1.165) is 23.2 Å². The van der Waals surface area contributed by atoms with Crippen LogP contribution in [0.3, 0.4) is 0 Å². The lowest BCUT2D eigenvalue weighted by Gasteiger charge is -2.04. The van der Waals surface area contributed by atoms with Crippen molar-refractivity contribution in [2.45, 2.75) is 0 Å². The van der Waals surface area contributed by atoms with Crippen LogP contribution in [-0.4, -0.2) is 23.1 Å². The summed E-state index contributed by atoms with van der Waals surface area (Å²) in [6.45, 7) is 0. The molecule has 0 aliphatic carbocycles. The Kier molecular flexibility index (Phi) is 3.89. The maximum Gasteiger partial charge on any atom is 0.167 e. The lowest BCUT2D eigenvalue weighted by atomic mass is 10.0. The molecule has 0 unspecified atom stereocenters. The van der Waals surface area contributed by atoms with Gasteiger partial charge in [-0.15, -0.1) is 0 Å². The van der Waals surface area contributed by atoms with Crippen molar-refractivity contribution in [3.8, 4) is 33.9 Å². The van der Waals surface area contributed by atoms with Crippen LogP contribution in [-0.2, 0) is 7.05 Å². The van der Waals surface area contributed by atoms with Gasteiger partial charge in [0.25, 0.3) is 0 Å². The Labute approximate surface area is 134 Å². The maximum atomic E-state index is 11.6. The van der Waals surface area contributed by atoms with Gasteiger partial charge in [0.15, 0.2) is 6.29 Å². The van der Waals surface area contributed by atoms with Crippen molar-refractivity contribution >= 4 is 6.29 Å². The lowest BCUT2D eigenvalue weighted by Crippen LogP contribution is -1.97. The van der Waals surface area contributed by atoms with Crippen LogP contribution in [0.1, 0.15) is 10.5 Å². The molecule has 116 valence electrons. The van der Waals surface area contributed by atoms with Crippen molar-refractivity contribution in [2.75, 3.05) is 7.11 Å². The van der Waals surface area contributed by atoms with E-state index >= 15 is 0 Å². The first-order valence-electron chi connectivity index (χ1n) is 7.24. The number of methoxy groups -OCH3 is 1. The Hall–Kier alpha value is -3.01. The number of carbonyl (C=O) groups excluding carboxylic acids is 1. The summed E-state index contributed by atoms with van der Waals surface area (Å²) in [5.41, 5.74) is 3.22. The van der Waals surface area contributed by atoms with Crippen LogP contribution in [0.15, 0.2) is 54.6 Å². The minimum absolute atomic E-state index is 0.103. The first-order chi connectivity index (χ1) is 11.2. The summed E-state index contributed by atoms with van der Waals surface area (Å²) in [5.74, 6) is 0.825. The molecular weight excluding hydrogens is 290 g/mol. The van der Waals surface area contributed by atoms with E-state index in [1.165, 1.54) is 0 Å². The topological polar surface area (TPSA) is 51.5 Å². The van der Waals surface area contributed by atoms with Crippen LogP contribution in [0.25, 0.3) is 22.4 Å². The van der Waals surface area contributed by atoms with E-state index in [1.54, 1.807) is 30.9 Å². The second kappa shape index (κ2) is 6.01. The van der Waals surface area contributed by atoms with E-state index in [-0.39, 0.29) is 5.75 Å². The fourth-order valence-corrected chi connectivity index (χ4v) is 2.79. The maximum absolute atomic E-state index is 11.6. The van der Waals surface area contributed by atoms with Crippen LogP contribution >= 0.6 is 0 Å². The standard InChI is InChI=1S/C19H17NO3/c1-20-16(12-21)17(13-8-10-15(23-2)11-9-13)19(22)18(20)14-6-4-3-5-7-14/h3-12,22H,1-2H3. The molecular formula is C19H17NO3. The highest BCUT2D eigenvalue weighted by atomic mass is 16.5. The number of hydrogen-bond acceptors (Lipinski definition) is 3. The third kappa shape index (κ3) is 2.48. The SMILES string of the molecule is COc1ccc(-c2c(O)c(-c3ccccc3)n(C)c2C=O)cc1. The molecule has 0 bridgehead atoms. The number of benzene rings is 2. The first-order valence-corrected chi connectivity index (χ1v) is 7.24. The molecule has 0 saturated heterocycles. The number of aromatic nitrogens is 1. The molecule has 2 aromatic carbocycles. The van der Waals surface area contributed by atoms with Gasteiger partial charge in [-0.3, -0.25) is 4.79 Å². The van der Waals surface area contributed by atoms with Crippen molar-refractivity contribution in [3.05, 3.63) is 60.3 Å². The van der Waals surface area contributed by atoms with Gasteiger partial charge >= 0.3 is 0 Å². The second-order valence-electron chi connectivity index (χ2n) is 5.23. The van der Waals surface area contributed by atoms with Gasteiger partial charge in [-0.2, -0.15) is 0 Å². The van der Waals surface area contributed by atoms with E-state index in [2.05, 4.69) is 0 Å². The third-order valence-electron chi connectivity index (χ3n) is 3.95. The summed E-state index contributed by atoms with van der Waals surface area (Å²) in [6.07, 6.45) is 0.770. The molecule has 4 nitrogen and oxygen atoms in total. The summed E-state index contributed by atoms with van der Waals surface area (Å²) in [5, 5.41) is 10.7. The number of hydrogen-bond donors (Lipinski definition) is 1. The molecule has 0 fully saturated rings. The number of nitrogens with zero attached hydrogens (tertiary/aromatic N) is 1. The number of aldehydes is 1. The highest BCUT2D eigenvalue weighted by Crippen LogP contribution is 2.42. The van der Waals surface area contributed by atoms with Crippen LogP contribution in [0, 0.1) is 0 Å². The highest BCUT2D eigenvalue weighted by molar-refractivity contribution is 5.94. The van der Waals surface area contributed by atoms with Crippen molar-refractivity contribution in [2.24, 2.45) is 7.05 Å². The predicted molar refractivity (Wildman–Crippen MR) is 89.9 cm³/mol. The predicted octanol–water partition coefficient (Wildman–Crippen LogP) is 3.89. The molecule has 3 rings (SSSR count). The fraction of sp³-hybridized carbons (Fsp3) is 0.105. The van der Waals surface area contributed by atoms with Gasteiger partial charge in [-0.05, 0) is 17.7 Å². The highest BCUT2D eigenvalue weighted by Gasteiger charge is 2.22. The fourth-order valence-electron chi connectivity index (χ4n) is 2.79. The van der Waals surface area contributed by atoms with Crippen molar-refractivity contribution < 1.29 is 14.6 Å². The quantitative estimate of drug-likeness (QED) is 0.744. The normalized spacial score (nSPS) is 10.5. The monoisotopic (exact) mass is 307 g/mol. The zero-order valence-electron chi connectivity index (χ0n) is 13.0. The lowest BCUT2D eigenvalue weighted by molar-refractivity contribution is 0.111. The van der Waals surface area contributed by atoms with Gasteiger partial charge in [0, 0.05) is 12.6 Å². The number of rotatable bonds is 4. The molecule has 3 aromatic rings. The van der Waals surface area contributed by atoms with Crippen LogP contribution in [0.2, 0.25) is 0 Å². The molecule has 0 aliphatic heterocycles. The van der Waals surface area contributed by atoms with Gasteiger partial charge in [0.05, 0.1) is 24.1 Å². The summed E-state index contributed by atoms with van der Waals surface area (Å²) >= 11 is 0. The van der Waals surface area contributed by atoms with Crippen LogP contribution in [0.5, 0.6) is 11.5 Å². The zero-order chi connectivity index (χ0) is 16.4. The molecule has 0 amide bonds. The minimum Gasteiger partial charge on any atom is -0.505 e. The van der Waals surface area contributed by atoms with E-state index in [4.69, 9.17) is 4.74 Å². The second-order valence-corrected chi connectivity index (χ2v) is 5.23. The Morgan fingerprint density at radius 1 is 1.00 bits per heavy atom. The average molecular weight is 307 g/mol. The molecule has 0 saturated carbocycles. The summed E-state index contributed by atoms with van der Waals surface area (Å²) in [4.78, 5) is 11.6. The summed E-state index contributed by atoms with van der Waals surface area (Å²) in [6, 6.07) is 16.8. The minimum atomic E-state index is 0.103.